The Morgan fingerprint density at radius 2 is 1.76 bits per heavy atom. The van der Waals surface area contributed by atoms with Gasteiger partial charge in [0.2, 0.25) is 0 Å². The quantitative estimate of drug-likeness (QED) is 0.259. The molecule has 2 N–H and O–H groups in total. The molecule has 0 saturated carbocycles. The number of nitrogens with one attached hydrogen (secondary N) is 2. The van der Waals surface area contributed by atoms with E-state index in [-0.39, 0.29) is 11.4 Å². The molecule has 1 aliphatic carbocycles. The SMILES string of the molecule is CCCN[C@H]1CCc2c(CCCC(Cl)NC(=O)c3ccc(-c4ccccc4)cc3)cccc2C1. The molecule has 0 aliphatic heterocycles. The Kier molecular flexibility index (Phi) is 8.79. The largest absolute Gasteiger partial charge is 0.336 e. The number of benzene rings is 3. The zero-order valence-electron chi connectivity index (χ0n) is 20.0. The second-order valence-electron chi connectivity index (χ2n) is 9.23. The summed E-state index contributed by atoms with van der Waals surface area (Å²) >= 11 is 6.49. The van der Waals surface area contributed by atoms with Crippen LogP contribution in [0.2, 0.25) is 0 Å². The highest BCUT2D eigenvalue weighted by Gasteiger charge is 2.20. The Morgan fingerprint density at radius 3 is 2.53 bits per heavy atom. The highest BCUT2D eigenvalue weighted by molar-refractivity contribution is 6.21. The first-order chi connectivity index (χ1) is 16.6. The summed E-state index contributed by atoms with van der Waals surface area (Å²) in [5.74, 6) is -0.123. The molecule has 4 heteroatoms. The Morgan fingerprint density at radius 1 is 1.00 bits per heavy atom. The van der Waals surface area contributed by atoms with E-state index in [1.807, 2.05) is 42.5 Å². The molecule has 1 unspecified atom stereocenters. The van der Waals surface area contributed by atoms with E-state index in [2.05, 4.69) is 47.9 Å². The third-order valence-corrected chi connectivity index (χ3v) is 7.04. The second-order valence-corrected chi connectivity index (χ2v) is 9.75. The molecule has 0 aromatic heterocycles. The zero-order valence-corrected chi connectivity index (χ0v) is 20.8. The predicted octanol–water partition coefficient (Wildman–Crippen LogP) is 6.53. The Hall–Kier alpha value is -2.62. The normalized spacial score (nSPS) is 16.0. The molecule has 0 saturated heterocycles. The van der Waals surface area contributed by atoms with Gasteiger partial charge in [0.15, 0.2) is 0 Å². The molecular formula is C30H35ClN2O. The maximum Gasteiger partial charge on any atom is 0.252 e. The number of alkyl halides is 1. The van der Waals surface area contributed by atoms with Crippen LogP contribution in [0.25, 0.3) is 11.1 Å². The summed E-state index contributed by atoms with van der Waals surface area (Å²) < 4.78 is 0. The highest BCUT2D eigenvalue weighted by atomic mass is 35.5. The van der Waals surface area contributed by atoms with Crippen molar-refractivity contribution in [2.45, 2.75) is 63.4 Å². The van der Waals surface area contributed by atoms with Gasteiger partial charge in [-0.3, -0.25) is 4.79 Å². The van der Waals surface area contributed by atoms with Gasteiger partial charge in [0.25, 0.3) is 5.91 Å². The fraction of sp³-hybridized carbons (Fsp3) is 0.367. The van der Waals surface area contributed by atoms with E-state index in [9.17, 15) is 4.79 Å². The molecule has 1 amide bonds. The third-order valence-electron chi connectivity index (χ3n) is 6.71. The maximum atomic E-state index is 12.6. The van der Waals surface area contributed by atoms with Gasteiger partial charge >= 0.3 is 0 Å². The highest BCUT2D eigenvalue weighted by Crippen LogP contribution is 2.26. The molecule has 178 valence electrons. The number of carbonyl (C=O) groups is 1. The first-order valence-electron chi connectivity index (χ1n) is 12.6. The van der Waals surface area contributed by atoms with Crippen LogP contribution in [0.15, 0.2) is 72.8 Å². The van der Waals surface area contributed by atoms with Crippen molar-refractivity contribution < 1.29 is 4.79 Å². The van der Waals surface area contributed by atoms with Crippen LogP contribution in [0.4, 0.5) is 0 Å². The van der Waals surface area contributed by atoms with Crippen molar-refractivity contribution in [3.8, 4) is 11.1 Å². The van der Waals surface area contributed by atoms with E-state index < -0.39 is 0 Å². The minimum absolute atomic E-state index is 0.123. The first kappa shape index (κ1) is 24.5. The van der Waals surface area contributed by atoms with Crippen LogP contribution in [0.3, 0.4) is 0 Å². The zero-order chi connectivity index (χ0) is 23.8. The first-order valence-corrected chi connectivity index (χ1v) is 13.0. The van der Waals surface area contributed by atoms with Crippen LogP contribution in [0.1, 0.15) is 59.7 Å². The minimum Gasteiger partial charge on any atom is -0.336 e. The summed E-state index contributed by atoms with van der Waals surface area (Å²) in [6.07, 6.45) is 7.36. The Labute approximate surface area is 208 Å². The molecule has 34 heavy (non-hydrogen) atoms. The van der Waals surface area contributed by atoms with E-state index in [0.29, 0.717) is 11.6 Å². The predicted molar refractivity (Wildman–Crippen MR) is 142 cm³/mol. The number of fused-ring (bicyclic) bond motifs is 1. The van der Waals surface area contributed by atoms with Crippen molar-refractivity contribution in [3.05, 3.63) is 95.1 Å². The van der Waals surface area contributed by atoms with E-state index in [4.69, 9.17) is 11.6 Å². The van der Waals surface area contributed by atoms with E-state index in [0.717, 1.165) is 49.8 Å². The fourth-order valence-electron chi connectivity index (χ4n) is 4.86. The number of hydrogen-bond acceptors (Lipinski definition) is 2. The van der Waals surface area contributed by atoms with Gasteiger partial charge in [-0.25, -0.2) is 0 Å². The Bertz CT molecular complexity index is 1060. The molecule has 0 spiro atoms. The fourth-order valence-corrected chi connectivity index (χ4v) is 5.11. The van der Waals surface area contributed by atoms with Crippen molar-refractivity contribution in [2.24, 2.45) is 0 Å². The molecule has 3 nitrogen and oxygen atoms in total. The monoisotopic (exact) mass is 474 g/mol. The van der Waals surface area contributed by atoms with Crippen LogP contribution >= 0.6 is 11.6 Å². The summed E-state index contributed by atoms with van der Waals surface area (Å²) in [6, 6.07) is 25.2. The molecule has 3 aromatic rings. The second kappa shape index (κ2) is 12.2. The lowest BCUT2D eigenvalue weighted by Gasteiger charge is -2.27. The summed E-state index contributed by atoms with van der Waals surface area (Å²) in [5.41, 5.74) is 6.96. The van der Waals surface area contributed by atoms with Crippen LogP contribution < -0.4 is 10.6 Å². The molecule has 0 heterocycles. The summed E-state index contributed by atoms with van der Waals surface area (Å²) in [5, 5.41) is 6.62. The molecule has 2 atom stereocenters. The summed E-state index contributed by atoms with van der Waals surface area (Å²) in [6.45, 7) is 3.32. The standard InChI is InChI=1S/C30H35ClN2O/c1-2-20-32-27-18-19-28-24(10-6-12-26(28)21-27)11-7-13-29(31)33-30(34)25-16-14-23(15-17-25)22-8-4-3-5-9-22/h3-6,8-10,12,14-17,27,29,32H,2,7,11,13,18-21H2,1H3,(H,33,34)/t27-,29?/m0/s1. The molecular weight excluding hydrogens is 440 g/mol. The number of amides is 1. The molecule has 1 aliphatic rings. The van der Waals surface area contributed by atoms with Crippen LogP contribution in [-0.2, 0) is 19.3 Å². The van der Waals surface area contributed by atoms with E-state index in [1.54, 1.807) is 0 Å². The van der Waals surface area contributed by atoms with Gasteiger partial charge in [-0.05, 0) is 91.4 Å². The van der Waals surface area contributed by atoms with Gasteiger partial charge in [0.1, 0.15) is 5.50 Å². The topological polar surface area (TPSA) is 41.1 Å². The van der Waals surface area contributed by atoms with Gasteiger partial charge in [0.05, 0.1) is 0 Å². The van der Waals surface area contributed by atoms with Crippen LogP contribution in [0, 0.1) is 0 Å². The minimum atomic E-state index is -0.372. The van der Waals surface area contributed by atoms with Crippen molar-refractivity contribution in [2.75, 3.05) is 6.54 Å². The molecule has 0 bridgehead atoms. The van der Waals surface area contributed by atoms with Crippen molar-refractivity contribution in [3.63, 3.8) is 0 Å². The summed E-state index contributed by atoms with van der Waals surface area (Å²) in [7, 11) is 0. The number of halogens is 1. The van der Waals surface area contributed by atoms with E-state index >= 15 is 0 Å². The summed E-state index contributed by atoms with van der Waals surface area (Å²) in [4.78, 5) is 12.6. The lowest BCUT2D eigenvalue weighted by molar-refractivity contribution is 0.0947. The molecule has 0 fully saturated rings. The smallest absolute Gasteiger partial charge is 0.252 e. The Balaban J connectivity index is 1.26. The van der Waals surface area contributed by atoms with Crippen LogP contribution in [0.5, 0.6) is 0 Å². The van der Waals surface area contributed by atoms with Gasteiger partial charge in [-0.2, -0.15) is 0 Å². The van der Waals surface area contributed by atoms with Crippen molar-refractivity contribution in [1.82, 2.24) is 10.6 Å². The molecule has 3 aromatic carbocycles. The lowest BCUT2D eigenvalue weighted by atomic mass is 9.84. The lowest BCUT2D eigenvalue weighted by Crippen LogP contribution is -2.35. The number of rotatable bonds is 10. The van der Waals surface area contributed by atoms with Gasteiger partial charge in [0, 0.05) is 11.6 Å². The van der Waals surface area contributed by atoms with Crippen molar-refractivity contribution >= 4 is 17.5 Å². The third kappa shape index (κ3) is 6.49. The van der Waals surface area contributed by atoms with Gasteiger partial charge in [-0.1, -0.05) is 79.2 Å². The average molecular weight is 475 g/mol. The van der Waals surface area contributed by atoms with Gasteiger partial charge in [-0.15, -0.1) is 0 Å². The molecule has 4 rings (SSSR count). The van der Waals surface area contributed by atoms with E-state index in [1.165, 1.54) is 29.5 Å². The number of aryl methyl sites for hydroxylation is 1. The number of hydrogen-bond donors (Lipinski definition) is 2. The average Bonchev–Trinajstić information content (AvgIpc) is 2.88. The number of carbonyl (C=O) groups excluding carboxylic acids is 1. The molecule has 0 radical (unpaired) electrons. The van der Waals surface area contributed by atoms with Crippen LogP contribution in [-0.4, -0.2) is 24.0 Å². The van der Waals surface area contributed by atoms with Crippen molar-refractivity contribution in [1.29, 1.82) is 0 Å². The maximum absolute atomic E-state index is 12.6. The van der Waals surface area contributed by atoms with Gasteiger partial charge < -0.3 is 10.6 Å².